The maximum absolute atomic E-state index is 8.64. The van der Waals surface area contributed by atoms with Crippen LogP contribution in [-0.4, -0.2) is 31.5 Å². The van der Waals surface area contributed by atoms with Crippen LogP contribution in [0.3, 0.4) is 0 Å². The van der Waals surface area contributed by atoms with Crippen LogP contribution in [0.15, 0.2) is 10.9 Å². The van der Waals surface area contributed by atoms with Gasteiger partial charge >= 0.3 is 0 Å². The highest BCUT2D eigenvalue weighted by molar-refractivity contribution is 5.05. The van der Waals surface area contributed by atoms with Crippen molar-refractivity contribution >= 4 is 0 Å². The van der Waals surface area contributed by atoms with E-state index in [1.165, 1.54) is 11.0 Å². The fraction of sp³-hybridized carbons (Fsp3) is 0.583. The summed E-state index contributed by atoms with van der Waals surface area (Å²) >= 11 is 0. The summed E-state index contributed by atoms with van der Waals surface area (Å²) in [7, 11) is 0. The summed E-state index contributed by atoms with van der Waals surface area (Å²) in [6.07, 6.45) is 1.22. The van der Waals surface area contributed by atoms with Gasteiger partial charge in [0.05, 0.1) is 0 Å². The van der Waals surface area contributed by atoms with Gasteiger partial charge < -0.3 is 9.26 Å². The van der Waals surface area contributed by atoms with Crippen LogP contribution in [-0.2, 0) is 11.3 Å². The fourth-order valence-corrected chi connectivity index (χ4v) is 1.47. The molecule has 2 rings (SSSR count). The molecule has 0 spiro atoms. The quantitative estimate of drug-likeness (QED) is 0.783. The van der Waals surface area contributed by atoms with Crippen LogP contribution >= 0.6 is 0 Å². The number of aromatic nitrogens is 5. The molecule has 0 amide bonds. The van der Waals surface area contributed by atoms with Crippen molar-refractivity contribution in [3.8, 4) is 6.07 Å². The van der Waals surface area contributed by atoms with Crippen LogP contribution in [0.4, 0.5) is 0 Å². The second-order valence-corrected chi connectivity index (χ2v) is 4.79. The Bertz CT molecular complexity index is 597. The summed E-state index contributed by atoms with van der Waals surface area (Å²) in [4.78, 5) is 8.04. The lowest BCUT2D eigenvalue weighted by molar-refractivity contribution is 0.0402. The fourth-order valence-electron chi connectivity index (χ4n) is 1.47. The van der Waals surface area contributed by atoms with E-state index in [4.69, 9.17) is 14.5 Å². The first-order chi connectivity index (χ1) is 9.58. The second-order valence-electron chi connectivity index (χ2n) is 4.79. The lowest BCUT2D eigenvalue weighted by atomic mass is 10.2. The molecule has 0 unspecified atom stereocenters. The first-order valence-electron chi connectivity index (χ1n) is 6.32. The van der Waals surface area contributed by atoms with Gasteiger partial charge in [-0.15, -0.1) is 5.10 Å². The molecule has 0 aliphatic rings. The van der Waals surface area contributed by atoms with Crippen molar-refractivity contribution in [2.45, 2.75) is 33.4 Å². The van der Waals surface area contributed by atoms with Gasteiger partial charge in [0.1, 0.15) is 25.0 Å². The zero-order chi connectivity index (χ0) is 14.5. The summed E-state index contributed by atoms with van der Waals surface area (Å²) in [5.41, 5.74) is 0. The van der Waals surface area contributed by atoms with Gasteiger partial charge in [-0.05, 0) is 12.8 Å². The molecule has 0 N–H and O–H groups in total. The average Bonchev–Trinajstić information content (AvgIpc) is 3.05. The molecule has 8 nitrogen and oxygen atoms in total. The third kappa shape index (κ3) is 3.61. The minimum absolute atomic E-state index is 0.110. The molecule has 0 aromatic carbocycles. The molecule has 2 heterocycles. The van der Waals surface area contributed by atoms with Gasteiger partial charge in [0, 0.05) is 6.61 Å². The van der Waals surface area contributed by atoms with Crippen LogP contribution in [0.2, 0.25) is 0 Å². The second kappa shape index (κ2) is 6.25. The van der Waals surface area contributed by atoms with Gasteiger partial charge in [-0.2, -0.15) is 10.2 Å². The normalized spacial score (nSPS) is 12.6. The molecule has 8 heteroatoms. The van der Waals surface area contributed by atoms with Crippen LogP contribution in [0, 0.1) is 17.2 Å². The molecule has 2 aromatic heterocycles. The maximum Gasteiger partial charge on any atom is 0.252 e. The zero-order valence-electron chi connectivity index (χ0n) is 11.6. The lowest BCUT2D eigenvalue weighted by Gasteiger charge is -2.10. The Hall–Kier alpha value is -2.27. The molecule has 1 atom stereocenters. The standard InChI is InChI=1S/C12H16N6O2/c1-8(2)6-19-9(3)12-15-11(20-17-12)5-18-7-14-10(4-13)16-18/h7-9H,5-6H2,1-3H3/t9-/m0/s1. The van der Waals surface area contributed by atoms with Crippen LogP contribution in [0.5, 0.6) is 0 Å². The number of hydrogen-bond donors (Lipinski definition) is 0. The third-order valence-electron chi connectivity index (χ3n) is 2.46. The highest BCUT2D eigenvalue weighted by Gasteiger charge is 2.15. The molecule has 106 valence electrons. The topological polar surface area (TPSA) is 103 Å². The highest BCUT2D eigenvalue weighted by Crippen LogP contribution is 2.14. The molecule has 0 fully saturated rings. The smallest absolute Gasteiger partial charge is 0.252 e. The SMILES string of the molecule is CC(C)CO[C@@H](C)c1noc(Cn2cnc(C#N)n2)n1. The molecular formula is C12H16N6O2. The first-order valence-corrected chi connectivity index (χ1v) is 6.32. The van der Waals surface area contributed by atoms with Gasteiger partial charge in [0.25, 0.3) is 5.82 Å². The maximum atomic E-state index is 8.64. The van der Waals surface area contributed by atoms with Crippen LogP contribution in [0.25, 0.3) is 0 Å². The predicted molar refractivity (Wildman–Crippen MR) is 67.3 cm³/mol. The van der Waals surface area contributed by atoms with Crippen LogP contribution < -0.4 is 0 Å². The van der Waals surface area contributed by atoms with Gasteiger partial charge in [0.15, 0.2) is 5.82 Å². The zero-order valence-corrected chi connectivity index (χ0v) is 11.6. The molecule has 0 bridgehead atoms. The van der Waals surface area contributed by atoms with E-state index in [0.717, 1.165) is 0 Å². The Balaban J connectivity index is 1.96. The Kier molecular flexibility index (Phi) is 4.42. The van der Waals surface area contributed by atoms with Crippen molar-refractivity contribution in [3.05, 3.63) is 23.9 Å². The minimum atomic E-state index is -0.222. The molecule has 2 aromatic rings. The van der Waals surface area contributed by atoms with Gasteiger partial charge in [-0.25, -0.2) is 9.67 Å². The van der Waals surface area contributed by atoms with Gasteiger partial charge in [-0.1, -0.05) is 19.0 Å². The molecule has 0 aliphatic heterocycles. The highest BCUT2D eigenvalue weighted by atomic mass is 16.5. The number of nitrogens with zero attached hydrogens (tertiary/aromatic N) is 6. The van der Waals surface area contributed by atoms with E-state index < -0.39 is 0 Å². The largest absolute Gasteiger partial charge is 0.370 e. The molecular weight excluding hydrogens is 260 g/mol. The van der Waals surface area contributed by atoms with Crippen molar-refractivity contribution in [2.24, 2.45) is 5.92 Å². The van der Waals surface area contributed by atoms with E-state index in [2.05, 4.69) is 34.1 Å². The van der Waals surface area contributed by atoms with Gasteiger partial charge in [-0.3, -0.25) is 0 Å². The minimum Gasteiger partial charge on any atom is -0.370 e. The van der Waals surface area contributed by atoms with E-state index in [1.54, 1.807) is 0 Å². The van der Waals surface area contributed by atoms with E-state index >= 15 is 0 Å². The third-order valence-corrected chi connectivity index (χ3v) is 2.46. The summed E-state index contributed by atoms with van der Waals surface area (Å²) < 4.78 is 12.2. The van der Waals surface area contributed by atoms with Gasteiger partial charge in [0.2, 0.25) is 5.89 Å². The number of ether oxygens (including phenoxy) is 1. The molecule has 20 heavy (non-hydrogen) atoms. The van der Waals surface area contributed by atoms with E-state index in [9.17, 15) is 0 Å². The Morgan fingerprint density at radius 3 is 2.90 bits per heavy atom. The average molecular weight is 276 g/mol. The first kappa shape index (κ1) is 14.1. The van der Waals surface area contributed by atoms with E-state index in [1.807, 2.05) is 13.0 Å². The Labute approximate surface area is 116 Å². The number of nitriles is 1. The van der Waals surface area contributed by atoms with Crippen molar-refractivity contribution in [3.63, 3.8) is 0 Å². The summed E-state index contributed by atoms with van der Waals surface area (Å²) in [6.45, 7) is 6.94. The predicted octanol–water partition coefficient (Wildman–Crippen LogP) is 1.31. The van der Waals surface area contributed by atoms with Crippen molar-refractivity contribution in [2.75, 3.05) is 6.61 Å². The number of rotatable bonds is 6. The Morgan fingerprint density at radius 2 is 2.25 bits per heavy atom. The lowest BCUT2D eigenvalue weighted by Crippen LogP contribution is -2.08. The van der Waals surface area contributed by atoms with Crippen LogP contribution in [0.1, 0.15) is 44.4 Å². The summed E-state index contributed by atoms with van der Waals surface area (Å²) in [6, 6.07) is 1.85. The number of hydrogen-bond acceptors (Lipinski definition) is 7. The molecule has 0 saturated heterocycles. The van der Waals surface area contributed by atoms with Crippen molar-refractivity contribution in [1.82, 2.24) is 24.9 Å². The summed E-state index contributed by atoms with van der Waals surface area (Å²) in [5.74, 6) is 1.46. The Morgan fingerprint density at radius 1 is 1.45 bits per heavy atom. The molecule has 0 saturated carbocycles. The monoisotopic (exact) mass is 276 g/mol. The van der Waals surface area contributed by atoms with E-state index in [0.29, 0.717) is 24.2 Å². The van der Waals surface area contributed by atoms with E-state index in [-0.39, 0.29) is 18.5 Å². The van der Waals surface area contributed by atoms with Crippen molar-refractivity contribution < 1.29 is 9.26 Å². The van der Waals surface area contributed by atoms with Crippen molar-refractivity contribution in [1.29, 1.82) is 5.26 Å². The molecule has 0 radical (unpaired) electrons. The molecule has 0 aliphatic carbocycles. The summed E-state index contributed by atoms with van der Waals surface area (Å²) in [5, 5.41) is 16.4.